The predicted octanol–water partition coefficient (Wildman–Crippen LogP) is 4.23. The molecule has 0 saturated carbocycles. The molecule has 0 radical (unpaired) electrons. The normalized spacial score (nSPS) is 22.7. The zero-order valence-electron chi connectivity index (χ0n) is 23.9. The smallest absolute Gasteiger partial charge is 0.406 e. The lowest BCUT2D eigenvalue weighted by molar-refractivity contribution is -0.143. The van der Waals surface area contributed by atoms with E-state index < -0.39 is 30.5 Å². The first-order valence-electron chi connectivity index (χ1n) is 14.4. The van der Waals surface area contributed by atoms with Gasteiger partial charge in [0, 0.05) is 37.1 Å². The molecular formula is C29H38F4N6O3. The maximum absolute atomic E-state index is 14.2. The first kappa shape index (κ1) is 30.4. The van der Waals surface area contributed by atoms with Gasteiger partial charge in [0.1, 0.15) is 24.4 Å². The van der Waals surface area contributed by atoms with Crippen LogP contribution in [-0.4, -0.2) is 95.9 Å². The standard InChI is InChI=1S/C29H38F4N6O3/c1-19(2)39(17-29(31,32)33)27(40)23-11-20(30)3-6-24(23)42-25-12-35-18-36-26(25)38-15-28(16-38)7-9-37(10-8-28)13-22-5-4-21(34)14-41-22/h3,6,11-12,18-19,21-22H,4-5,7-10,13-17,34H2,1-2H3/t21-,22+/m1/s1. The summed E-state index contributed by atoms with van der Waals surface area (Å²) in [5.74, 6) is -1.06. The molecular weight excluding hydrogens is 556 g/mol. The molecule has 13 heteroatoms. The van der Waals surface area contributed by atoms with Crippen molar-refractivity contribution >= 4 is 11.7 Å². The summed E-state index contributed by atoms with van der Waals surface area (Å²) in [6.45, 7) is 6.53. The van der Waals surface area contributed by atoms with Gasteiger partial charge in [-0.15, -0.1) is 0 Å². The number of halogens is 4. The summed E-state index contributed by atoms with van der Waals surface area (Å²) in [6.07, 6.45) is 2.53. The van der Waals surface area contributed by atoms with E-state index in [4.69, 9.17) is 15.2 Å². The molecule has 9 nitrogen and oxygen atoms in total. The Morgan fingerprint density at radius 1 is 1.21 bits per heavy atom. The summed E-state index contributed by atoms with van der Waals surface area (Å²) in [5.41, 5.74) is 5.79. The van der Waals surface area contributed by atoms with Crippen LogP contribution in [0.15, 0.2) is 30.7 Å². The SMILES string of the molecule is CC(C)N(CC(F)(F)F)C(=O)c1cc(F)ccc1Oc1cncnc1N1CC2(CCN(C[C@@H]3CC[C@@H](N)CO3)CC2)C1. The highest BCUT2D eigenvalue weighted by molar-refractivity contribution is 5.97. The lowest BCUT2D eigenvalue weighted by atomic mass is 9.72. The van der Waals surface area contributed by atoms with Crippen LogP contribution in [0.3, 0.4) is 0 Å². The largest absolute Gasteiger partial charge is 0.451 e. The van der Waals surface area contributed by atoms with E-state index >= 15 is 0 Å². The van der Waals surface area contributed by atoms with Crippen LogP contribution in [0, 0.1) is 11.2 Å². The minimum absolute atomic E-state index is 0.0697. The second-order valence-electron chi connectivity index (χ2n) is 12.0. The van der Waals surface area contributed by atoms with Crippen molar-refractivity contribution < 1.29 is 31.8 Å². The van der Waals surface area contributed by atoms with Crippen molar-refractivity contribution in [2.24, 2.45) is 11.1 Å². The third-order valence-corrected chi connectivity index (χ3v) is 8.42. The Morgan fingerprint density at radius 3 is 2.60 bits per heavy atom. The number of nitrogens with zero attached hydrogens (tertiary/aromatic N) is 5. The molecule has 42 heavy (non-hydrogen) atoms. The number of rotatable bonds is 8. The Hall–Kier alpha value is -3.03. The van der Waals surface area contributed by atoms with E-state index in [1.54, 1.807) is 0 Å². The Bertz CT molecular complexity index is 1240. The van der Waals surface area contributed by atoms with E-state index in [0.29, 0.717) is 17.3 Å². The number of carbonyl (C=O) groups excluding carboxylic acids is 1. The third kappa shape index (κ3) is 7.12. The Kier molecular flexibility index (Phi) is 8.91. The van der Waals surface area contributed by atoms with Crippen molar-refractivity contribution in [3.8, 4) is 11.5 Å². The maximum Gasteiger partial charge on any atom is 0.406 e. The zero-order chi connectivity index (χ0) is 30.1. The van der Waals surface area contributed by atoms with E-state index in [9.17, 15) is 22.4 Å². The van der Waals surface area contributed by atoms with Crippen LogP contribution in [0.1, 0.15) is 49.9 Å². The Balaban J connectivity index is 1.25. The minimum Gasteiger partial charge on any atom is -0.451 e. The van der Waals surface area contributed by atoms with E-state index in [1.165, 1.54) is 32.4 Å². The van der Waals surface area contributed by atoms with Crippen LogP contribution in [-0.2, 0) is 4.74 Å². The van der Waals surface area contributed by atoms with E-state index in [1.807, 2.05) is 0 Å². The Morgan fingerprint density at radius 2 is 1.95 bits per heavy atom. The number of nitrogens with two attached hydrogens (primary N) is 1. The summed E-state index contributed by atoms with van der Waals surface area (Å²) >= 11 is 0. The summed E-state index contributed by atoms with van der Waals surface area (Å²) in [5, 5.41) is 0. The molecule has 3 aliphatic rings. The van der Waals surface area contributed by atoms with Crippen molar-refractivity contribution in [3.63, 3.8) is 0 Å². The van der Waals surface area contributed by atoms with Gasteiger partial charge in [0.25, 0.3) is 5.91 Å². The number of piperidine rings is 1. The lowest BCUT2D eigenvalue weighted by Crippen LogP contribution is -2.61. The number of hydrogen-bond donors (Lipinski definition) is 1. The third-order valence-electron chi connectivity index (χ3n) is 8.42. The van der Waals surface area contributed by atoms with Gasteiger partial charge in [0.2, 0.25) is 0 Å². The van der Waals surface area contributed by atoms with Crippen LogP contribution < -0.4 is 15.4 Å². The number of ether oxygens (including phenoxy) is 2. The molecule has 3 saturated heterocycles. The molecule has 0 unspecified atom stereocenters. The van der Waals surface area contributed by atoms with Crippen LogP contribution in [0.2, 0.25) is 0 Å². The molecule has 1 amide bonds. The molecule has 3 fully saturated rings. The fraction of sp³-hybridized carbons (Fsp3) is 0.621. The number of hydrogen-bond acceptors (Lipinski definition) is 8. The first-order chi connectivity index (χ1) is 19.9. The number of benzene rings is 1. The van der Waals surface area contributed by atoms with Crippen molar-refractivity contribution in [1.29, 1.82) is 0 Å². The van der Waals surface area contributed by atoms with Crippen molar-refractivity contribution in [2.45, 2.75) is 63.9 Å². The maximum atomic E-state index is 14.2. The van der Waals surface area contributed by atoms with E-state index in [0.717, 1.165) is 70.5 Å². The predicted molar refractivity (Wildman–Crippen MR) is 148 cm³/mol. The van der Waals surface area contributed by atoms with Gasteiger partial charge in [-0.2, -0.15) is 13.2 Å². The fourth-order valence-corrected chi connectivity index (χ4v) is 6.03. The summed E-state index contributed by atoms with van der Waals surface area (Å²) < 4.78 is 65.8. The van der Waals surface area contributed by atoms with Crippen molar-refractivity contribution in [3.05, 3.63) is 42.1 Å². The highest BCUT2D eigenvalue weighted by Gasteiger charge is 2.46. The molecule has 2 aromatic rings. The second kappa shape index (κ2) is 12.3. The van der Waals surface area contributed by atoms with Gasteiger partial charge in [0.15, 0.2) is 11.6 Å². The average Bonchev–Trinajstić information content (AvgIpc) is 2.93. The zero-order valence-corrected chi connectivity index (χ0v) is 23.9. The van der Waals surface area contributed by atoms with Crippen molar-refractivity contribution in [2.75, 3.05) is 50.8 Å². The average molecular weight is 595 g/mol. The van der Waals surface area contributed by atoms with Crippen LogP contribution in [0.5, 0.6) is 11.5 Å². The number of alkyl halides is 3. The van der Waals surface area contributed by atoms with Crippen LogP contribution in [0.25, 0.3) is 0 Å². The molecule has 1 aromatic heterocycles. The minimum atomic E-state index is -4.61. The molecule has 5 rings (SSSR count). The van der Waals surface area contributed by atoms with Gasteiger partial charge in [-0.05, 0) is 70.8 Å². The molecule has 2 N–H and O–H groups in total. The quantitative estimate of drug-likeness (QED) is 0.454. The molecule has 230 valence electrons. The summed E-state index contributed by atoms with van der Waals surface area (Å²) in [7, 11) is 0. The first-order valence-corrected chi connectivity index (χ1v) is 14.4. The van der Waals surface area contributed by atoms with E-state index in [-0.39, 0.29) is 34.6 Å². The van der Waals surface area contributed by atoms with Gasteiger partial charge >= 0.3 is 6.18 Å². The van der Waals surface area contributed by atoms with Gasteiger partial charge in [-0.25, -0.2) is 14.4 Å². The van der Waals surface area contributed by atoms with Gasteiger partial charge < -0.3 is 29.9 Å². The topological polar surface area (TPSA) is 97.1 Å². The van der Waals surface area contributed by atoms with Crippen LogP contribution in [0.4, 0.5) is 23.4 Å². The van der Waals surface area contributed by atoms with E-state index in [2.05, 4.69) is 19.8 Å². The monoisotopic (exact) mass is 594 g/mol. The summed E-state index contributed by atoms with van der Waals surface area (Å²) in [4.78, 5) is 26.8. The second-order valence-corrected chi connectivity index (χ2v) is 12.0. The molecule has 3 aliphatic heterocycles. The number of likely N-dealkylation sites (tertiary alicyclic amines) is 1. The molecule has 1 aromatic carbocycles. The molecule has 1 spiro atoms. The molecule has 0 bridgehead atoms. The van der Waals surface area contributed by atoms with Gasteiger partial charge in [-0.3, -0.25) is 4.79 Å². The number of anilines is 1. The number of aromatic nitrogens is 2. The van der Waals surface area contributed by atoms with Gasteiger partial charge in [0.05, 0.1) is 24.5 Å². The lowest BCUT2D eigenvalue weighted by Gasteiger charge is -2.54. The van der Waals surface area contributed by atoms with Gasteiger partial charge in [-0.1, -0.05) is 0 Å². The molecule has 0 aliphatic carbocycles. The fourth-order valence-electron chi connectivity index (χ4n) is 6.03. The summed E-state index contributed by atoms with van der Waals surface area (Å²) in [6, 6.07) is 2.59. The highest BCUT2D eigenvalue weighted by atomic mass is 19.4. The molecule has 4 heterocycles. The number of amides is 1. The highest BCUT2D eigenvalue weighted by Crippen LogP contribution is 2.45. The number of carbonyl (C=O) groups is 1. The van der Waals surface area contributed by atoms with Crippen LogP contribution >= 0.6 is 0 Å². The molecule has 2 atom stereocenters. The Labute approximate surface area is 243 Å². The van der Waals surface area contributed by atoms with Crippen molar-refractivity contribution in [1.82, 2.24) is 19.8 Å².